The topological polar surface area (TPSA) is 38.3 Å². The number of hydrogen-bond acceptors (Lipinski definition) is 2. The summed E-state index contributed by atoms with van der Waals surface area (Å²) < 4.78 is 6.94. The van der Waals surface area contributed by atoms with Gasteiger partial charge in [0.15, 0.2) is 0 Å². The van der Waals surface area contributed by atoms with E-state index in [0.717, 1.165) is 27.0 Å². The second kappa shape index (κ2) is 4.02. The molecule has 1 heterocycles. The highest BCUT2D eigenvalue weighted by molar-refractivity contribution is 9.10. The number of halogens is 1. The van der Waals surface area contributed by atoms with Crippen LogP contribution < -0.4 is 10.1 Å². The van der Waals surface area contributed by atoms with Crippen molar-refractivity contribution in [1.82, 2.24) is 0 Å². The lowest BCUT2D eigenvalue weighted by atomic mass is 10.1. The van der Waals surface area contributed by atoms with E-state index < -0.39 is 5.60 Å². The summed E-state index contributed by atoms with van der Waals surface area (Å²) in [6.07, 6.45) is 0.359. The minimum absolute atomic E-state index is 0.00685. The molecule has 3 nitrogen and oxygen atoms in total. The fourth-order valence-corrected chi connectivity index (χ4v) is 2.38. The summed E-state index contributed by atoms with van der Waals surface area (Å²) in [7, 11) is 0. The standard InChI is InChI=1S/C13H16BrNO2/c1-7-5-9-12(8(2)11(7)14)15-10(16)6-13(3,4)17-9/h5H,6H2,1-4H3,(H,15,16). The predicted octanol–water partition coefficient (Wildman–Crippen LogP) is 3.57. The van der Waals surface area contributed by atoms with Crippen LogP contribution in [0.1, 0.15) is 31.4 Å². The minimum atomic E-state index is -0.470. The van der Waals surface area contributed by atoms with Crippen molar-refractivity contribution in [1.29, 1.82) is 0 Å². The largest absolute Gasteiger partial charge is 0.485 e. The first-order chi connectivity index (χ1) is 7.80. The zero-order valence-electron chi connectivity index (χ0n) is 10.5. The quantitative estimate of drug-likeness (QED) is 0.795. The Hall–Kier alpha value is -1.03. The maximum absolute atomic E-state index is 11.8. The third-order valence-electron chi connectivity index (χ3n) is 2.88. The molecule has 1 N–H and O–H groups in total. The van der Waals surface area contributed by atoms with Crippen LogP contribution in [0.25, 0.3) is 0 Å². The van der Waals surface area contributed by atoms with Gasteiger partial charge < -0.3 is 10.1 Å². The van der Waals surface area contributed by atoms with Crippen LogP contribution in [0.15, 0.2) is 10.5 Å². The van der Waals surface area contributed by atoms with E-state index in [0.29, 0.717) is 6.42 Å². The molecular weight excluding hydrogens is 282 g/mol. The van der Waals surface area contributed by atoms with Crippen LogP contribution in [-0.2, 0) is 4.79 Å². The smallest absolute Gasteiger partial charge is 0.228 e. The average Bonchev–Trinajstić information content (AvgIpc) is 2.30. The van der Waals surface area contributed by atoms with Crippen molar-refractivity contribution in [2.45, 2.75) is 39.7 Å². The molecule has 1 aliphatic heterocycles. The van der Waals surface area contributed by atoms with Crippen LogP contribution >= 0.6 is 15.9 Å². The van der Waals surface area contributed by atoms with Crippen molar-refractivity contribution in [3.05, 3.63) is 21.7 Å². The fraction of sp³-hybridized carbons (Fsp3) is 0.462. The third kappa shape index (κ3) is 2.32. The van der Waals surface area contributed by atoms with Crippen molar-refractivity contribution in [3.63, 3.8) is 0 Å². The number of ether oxygens (including phenoxy) is 1. The SMILES string of the molecule is Cc1cc2c(c(C)c1Br)NC(=O)CC(C)(C)O2. The summed E-state index contributed by atoms with van der Waals surface area (Å²) in [5.41, 5.74) is 2.42. The average molecular weight is 298 g/mol. The lowest BCUT2D eigenvalue weighted by Crippen LogP contribution is -2.30. The molecule has 1 aromatic carbocycles. The van der Waals surface area contributed by atoms with Gasteiger partial charge >= 0.3 is 0 Å². The van der Waals surface area contributed by atoms with Crippen LogP contribution in [0.3, 0.4) is 0 Å². The molecule has 0 saturated carbocycles. The number of hydrogen-bond donors (Lipinski definition) is 1. The highest BCUT2D eigenvalue weighted by atomic mass is 79.9. The van der Waals surface area contributed by atoms with Gasteiger partial charge in [-0.15, -0.1) is 0 Å². The summed E-state index contributed by atoms with van der Waals surface area (Å²) in [5.74, 6) is 0.742. The number of rotatable bonds is 0. The van der Waals surface area contributed by atoms with Crippen molar-refractivity contribution < 1.29 is 9.53 Å². The molecule has 92 valence electrons. The van der Waals surface area contributed by atoms with E-state index in [9.17, 15) is 4.79 Å². The maximum Gasteiger partial charge on any atom is 0.228 e. The predicted molar refractivity (Wildman–Crippen MR) is 71.6 cm³/mol. The van der Waals surface area contributed by atoms with Gasteiger partial charge in [0.2, 0.25) is 5.91 Å². The van der Waals surface area contributed by atoms with Gasteiger partial charge in [-0.25, -0.2) is 0 Å². The Morgan fingerprint density at radius 3 is 2.71 bits per heavy atom. The fourth-order valence-electron chi connectivity index (χ4n) is 2.06. The van der Waals surface area contributed by atoms with Crippen LogP contribution in [-0.4, -0.2) is 11.5 Å². The maximum atomic E-state index is 11.8. The summed E-state index contributed by atoms with van der Waals surface area (Å²) >= 11 is 3.53. The molecule has 17 heavy (non-hydrogen) atoms. The highest BCUT2D eigenvalue weighted by Crippen LogP contribution is 2.40. The molecule has 0 saturated heterocycles. The van der Waals surface area contributed by atoms with Gasteiger partial charge in [-0.05, 0) is 44.9 Å². The third-order valence-corrected chi connectivity index (χ3v) is 4.10. The molecule has 2 rings (SSSR count). The van der Waals surface area contributed by atoms with E-state index in [2.05, 4.69) is 21.2 Å². The monoisotopic (exact) mass is 297 g/mol. The van der Waals surface area contributed by atoms with E-state index in [-0.39, 0.29) is 5.91 Å². The number of aryl methyl sites for hydroxylation is 1. The van der Waals surface area contributed by atoms with Crippen LogP contribution in [0.2, 0.25) is 0 Å². The van der Waals surface area contributed by atoms with Gasteiger partial charge in [-0.2, -0.15) is 0 Å². The Bertz CT molecular complexity index is 495. The number of anilines is 1. The van der Waals surface area contributed by atoms with E-state index in [1.807, 2.05) is 33.8 Å². The number of nitrogens with one attached hydrogen (secondary N) is 1. The number of fused-ring (bicyclic) bond motifs is 1. The van der Waals surface area contributed by atoms with Crippen LogP contribution in [0.5, 0.6) is 5.75 Å². The lowest BCUT2D eigenvalue weighted by Gasteiger charge is -2.24. The van der Waals surface area contributed by atoms with Crippen molar-refractivity contribution >= 4 is 27.5 Å². The van der Waals surface area contributed by atoms with Gasteiger partial charge in [0.25, 0.3) is 0 Å². The van der Waals surface area contributed by atoms with Gasteiger partial charge in [0.1, 0.15) is 11.4 Å². The number of carbonyl (C=O) groups excluding carboxylic acids is 1. The molecule has 1 aromatic rings. The summed E-state index contributed by atoms with van der Waals surface area (Å²) in [4.78, 5) is 11.8. The summed E-state index contributed by atoms with van der Waals surface area (Å²) in [6.45, 7) is 7.83. The normalized spacial score (nSPS) is 17.8. The van der Waals surface area contributed by atoms with E-state index in [1.165, 1.54) is 0 Å². The minimum Gasteiger partial charge on any atom is -0.485 e. The van der Waals surface area contributed by atoms with Crippen molar-refractivity contribution in [2.24, 2.45) is 0 Å². The first-order valence-corrected chi connectivity index (χ1v) is 6.38. The number of amides is 1. The second-order valence-electron chi connectivity index (χ2n) is 5.09. The Kier molecular flexibility index (Phi) is 2.94. The molecule has 1 amide bonds. The van der Waals surface area contributed by atoms with Gasteiger partial charge in [-0.1, -0.05) is 15.9 Å². The van der Waals surface area contributed by atoms with Crippen LogP contribution in [0.4, 0.5) is 5.69 Å². The molecule has 4 heteroatoms. The molecule has 0 spiro atoms. The molecule has 0 atom stereocenters. The first kappa shape index (κ1) is 12.4. The molecule has 0 aliphatic carbocycles. The zero-order chi connectivity index (χ0) is 12.8. The van der Waals surface area contributed by atoms with E-state index in [4.69, 9.17) is 4.74 Å². The molecule has 0 bridgehead atoms. The molecular formula is C13H16BrNO2. The second-order valence-corrected chi connectivity index (χ2v) is 5.89. The van der Waals surface area contributed by atoms with Gasteiger partial charge in [0, 0.05) is 4.47 Å². The first-order valence-electron chi connectivity index (χ1n) is 5.59. The molecule has 0 radical (unpaired) electrons. The highest BCUT2D eigenvalue weighted by Gasteiger charge is 2.30. The van der Waals surface area contributed by atoms with Gasteiger partial charge in [0.05, 0.1) is 12.1 Å². The Morgan fingerprint density at radius 1 is 1.41 bits per heavy atom. The molecule has 0 aromatic heterocycles. The van der Waals surface area contributed by atoms with Crippen molar-refractivity contribution in [3.8, 4) is 5.75 Å². The van der Waals surface area contributed by atoms with Crippen molar-refractivity contribution in [2.75, 3.05) is 5.32 Å². The zero-order valence-corrected chi connectivity index (χ0v) is 12.1. The summed E-state index contributed by atoms with van der Waals surface area (Å²) in [5, 5.41) is 2.92. The Labute approximate surface area is 110 Å². The van der Waals surface area contributed by atoms with Crippen LogP contribution in [0, 0.1) is 13.8 Å². The van der Waals surface area contributed by atoms with E-state index in [1.54, 1.807) is 0 Å². The van der Waals surface area contributed by atoms with Gasteiger partial charge in [-0.3, -0.25) is 4.79 Å². The molecule has 1 aliphatic rings. The van der Waals surface area contributed by atoms with E-state index >= 15 is 0 Å². The summed E-state index contributed by atoms with van der Waals surface area (Å²) in [6, 6.07) is 1.96. The molecule has 0 unspecified atom stereocenters. The lowest BCUT2D eigenvalue weighted by molar-refractivity contribution is -0.118. The number of carbonyl (C=O) groups is 1. The number of benzene rings is 1. The Morgan fingerprint density at radius 2 is 2.06 bits per heavy atom. The Balaban J connectivity index is 2.61. The molecule has 0 fully saturated rings.